The molecule has 0 fully saturated rings. The number of hydrogen-bond acceptors (Lipinski definition) is 2. The van der Waals surface area contributed by atoms with E-state index in [0.29, 0.717) is 5.56 Å². The minimum absolute atomic E-state index is 0.167. The summed E-state index contributed by atoms with van der Waals surface area (Å²) in [5.74, 6) is -0.892. The zero-order valence-electron chi connectivity index (χ0n) is 6.51. The van der Waals surface area contributed by atoms with E-state index in [1.807, 2.05) is 0 Å². The van der Waals surface area contributed by atoms with Crippen LogP contribution in [0.3, 0.4) is 0 Å². The van der Waals surface area contributed by atoms with Gasteiger partial charge in [0.1, 0.15) is 10.7 Å². The van der Waals surface area contributed by atoms with Crippen LogP contribution < -0.4 is 0 Å². The van der Waals surface area contributed by atoms with Gasteiger partial charge in [-0.1, -0.05) is 11.6 Å². The van der Waals surface area contributed by atoms with Crippen LogP contribution in [0.1, 0.15) is 5.56 Å². The molecule has 0 heterocycles. The molecule has 72 valence electrons. The van der Waals surface area contributed by atoms with Gasteiger partial charge in [0.25, 0.3) is 9.05 Å². The highest BCUT2D eigenvalue weighted by molar-refractivity contribution is 8.13. The number of halogens is 3. The minimum Gasteiger partial charge on any atom is -0.207 e. The summed E-state index contributed by atoms with van der Waals surface area (Å²) >= 11 is 5.60. The van der Waals surface area contributed by atoms with Crippen molar-refractivity contribution < 1.29 is 12.8 Å². The van der Waals surface area contributed by atoms with Gasteiger partial charge in [0.2, 0.25) is 0 Å². The maximum Gasteiger partial charge on any atom is 0.264 e. The number of benzene rings is 1. The fourth-order valence-corrected chi connectivity index (χ4v) is 1.95. The molecule has 0 amide bonds. The summed E-state index contributed by atoms with van der Waals surface area (Å²) in [6.07, 6.45) is 0. The average molecular weight is 243 g/mol. The van der Waals surface area contributed by atoms with Gasteiger partial charge in [-0.3, -0.25) is 0 Å². The second kappa shape index (κ2) is 3.44. The Morgan fingerprint density at radius 3 is 2.38 bits per heavy atom. The van der Waals surface area contributed by atoms with E-state index in [9.17, 15) is 12.8 Å². The van der Waals surface area contributed by atoms with E-state index in [2.05, 4.69) is 0 Å². The van der Waals surface area contributed by atoms with Crippen LogP contribution in [0.15, 0.2) is 17.0 Å². The Morgan fingerprint density at radius 1 is 1.38 bits per heavy atom. The molecule has 13 heavy (non-hydrogen) atoms. The predicted molar refractivity (Wildman–Crippen MR) is 49.2 cm³/mol. The van der Waals surface area contributed by atoms with Crippen LogP contribution in [0.2, 0.25) is 5.02 Å². The monoisotopic (exact) mass is 242 g/mol. The Kier molecular flexibility index (Phi) is 2.85. The Balaban J connectivity index is 3.50. The summed E-state index contributed by atoms with van der Waals surface area (Å²) in [6.45, 7) is 1.57. The third kappa shape index (κ3) is 2.33. The van der Waals surface area contributed by atoms with E-state index >= 15 is 0 Å². The van der Waals surface area contributed by atoms with Crippen LogP contribution in [-0.2, 0) is 9.05 Å². The lowest BCUT2D eigenvalue weighted by molar-refractivity contribution is 0.575. The SMILES string of the molecule is Cc1cc(F)c(S(=O)(=O)Cl)cc1Cl. The highest BCUT2D eigenvalue weighted by Crippen LogP contribution is 2.25. The third-order valence-corrected chi connectivity index (χ3v) is 3.22. The first kappa shape index (κ1) is 10.8. The summed E-state index contributed by atoms with van der Waals surface area (Å²) in [4.78, 5) is -0.593. The highest BCUT2D eigenvalue weighted by atomic mass is 35.7. The van der Waals surface area contributed by atoms with E-state index < -0.39 is 19.8 Å². The molecule has 0 radical (unpaired) electrons. The van der Waals surface area contributed by atoms with Crippen molar-refractivity contribution in [1.29, 1.82) is 0 Å². The van der Waals surface area contributed by atoms with Gasteiger partial charge in [0.15, 0.2) is 0 Å². The quantitative estimate of drug-likeness (QED) is 0.710. The Hall–Kier alpha value is -0.320. The van der Waals surface area contributed by atoms with Crippen molar-refractivity contribution in [3.05, 3.63) is 28.5 Å². The molecule has 0 saturated carbocycles. The van der Waals surface area contributed by atoms with Gasteiger partial charge in [-0.05, 0) is 24.6 Å². The van der Waals surface area contributed by atoms with Gasteiger partial charge < -0.3 is 0 Å². The first-order valence-electron chi connectivity index (χ1n) is 3.22. The maximum atomic E-state index is 13.0. The minimum atomic E-state index is -4.06. The van der Waals surface area contributed by atoms with E-state index in [1.165, 1.54) is 0 Å². The van der Waals surface area contributed by atoms with Crippen molar-refractivity contribution in [1.82, 2.24) is 0 Å². The van der Waals surface area contributed by atoms with E-state index in [0.717, 1.165) is 12.1 Å². The number of hydrogen-bond donors (Lipinski definition) is 0. The van der Waals surface area contributed by atoms with Gasteiger partial charge in [-0.2, -0.15) is 0 Å². The molecule has 1 rings (SSSR count). The third-order valence-electron chi connectivity index (χ3n) is 1.48. The molecule has 0 spiro atoms. The fraction of sp³-hybridized carbons (Fsp3) is 0.143. The number of aryl methyl sites for hydroxylation is 1. The van der Waals surface area contributed by atoms with Crippen molar-refractivity contribution in [2.24, 2.45) is 0 Å². The summed E-state index contributed by atoms with van der Waals surface area (Å²) in [7, 11) is 0.902. The molecule has 1 aromatic carbocycles. The normalized spacial score (nSPS) is 11.7. The summed E-state index contributed by atoms with van der Waals surface area (Å²) in [6, 6.07) is 2.02. The van der Waals surface area contributed by atoms with E-state index in [1.54, 1.807) is 6.92 Å². The molecule has 0 unspecified atom stereocenters. The Morgan fingerprint density at radius 2 is 1.92 bits per heavy atom. The zero-order chi connectivity index (χ0) is 10.2. The molecule has 6 heteroatoms. The first-order chi connectivity index (χ1) is 5.82. The second-order valence-electron chi connectivity index (χ2n) is 2.47. The molecule has 1 aromatic rings. The lowest BCUT2D eigenvalue weighted by Crippen LogP contribution is -1.96. The molecule has 0 aliphatic heterocycles. The highest BCUT2D eigenvalue weighted by Gasteiger charge is 2.17. The Labute approximate surface area is 84.7 Å². The van der Waals surface area contributed by atoms with Crippen LogP contribution in [0.5, 0.6) is 0 Å². The lowest BCUT2D eigenvalue weighted by Gasteiger charge is -2.02. The van der Waals surface area contributed by atoms with Crippen LogP contribution in [0.25, 0.3) is 0 Å². The van der Waals surface area contributed by atoms with Gasteiger partial charge in [-0.15, -0.1) is 0 Å². The predicted octanol–water partition coefficient (Wildman–Crippen LogP) is 2.72. The number of rotatable bonds is 1. The molecule has 0 saturated heterocycles. The standard InChI is InChI=1S/C7H5Cl2FO2S/c1-4-2-6(10)7(3-5(4)8)13(9,11)12/h2-3H,1H3. The molecular weight excluding hydrogens is 238 g/mol. The van der Waals surface area contributed by atoms with Crippen molar-refractivity contribution >= 4 is 31.3 Å². The van der Waals surface area contributed by atoms with Crippen molar-refractivity contribution in [2.45, 2.75) is 11.8 Å². The fourth-order valence-electron chi connectivity index (χ4n) is 0.815. The summed E-state index contributed by atoms with van der Waals surface area (Å²) in [5, 5.41) is 0.167. The molecular formula is C7H5Cl2FO2S. The molecule has 0 N–H and O–H groups in total. The molecule has 0 atom stereocenters. The van der Waals surface area contributed by atoms with Crippen LogP contribution in [-0.4, -0.2) is 8.42 Å². The smallest absolute Gasteiger partial charge is 0.207 e. The maximum absolute atomic E-state index is 13.0. The van der Waals surface area contributed by atoms with Crippen molar-refractivity contribution in [3.63, 3.8) is 0 Å². The molecule has 0 aliphatic rings. The van der Waals surface area contributed by atoms with Gasteiger partial charge in [0, 0.05) is 15.7 Å². The lowest BCUT2D eigenvalue weighted by atomic mass is 10.2. The molecule has 0 bridgehead atoms. The van der Waals surface area contributed by atoms with Crippen LogP contribution >= 0.6 is 22.3 Å². The van der Waals surface area contributed by atoms with E-state index in [4.69, 9.17) is 22.3 Å². The van der Waals surface area contributed by atoms with Gasteiger partial charge >= 0.3 is 0 Å². The topological polar surface area (TPSA) is 34.1 Å². The van der Waals surface area contributed by atoms with Gasteiger partial charge in [-0.25, -0.2) is 12.8 Å². The molecule has 0 aliphatic carbocycles. The summed E-state index contributed by atoms with van der Waals surface area (Å²) in [5.41, 5.74) is 0.461. The largest absolute Gasteiger partial charge is 0.264 e. The van der Waals surface area contributed by atoms with Crippen molar-refractivity contribution in [3.8, 4) is 0 Å². The molecule has 2 nitrogen and oxygen atoms in total. The molecule has 0 aromatic heterocycles. The second-order valence-corrected chi connectivity index (χ2v) is 5.41. The van der Waals surface area contributed by atoms with E-state index in [-0.39, 0.29) is 5.02 Å². The van der Waals surface area contributed by atoms with Gasteiger partial charge in [0.05, 0.1) is 0 Å². The average Bonchev–Trinajstić information content (AvgIpc) is 1.94. The zero-order valence-corrected chi connectivity index (χ0v) is 8.84. The first-order valence-corrected chi connectivity index (χ1v) is 5.91. The van der Waals surface area contributed by atoms with Crippen LogP contribution in [0, 0.1) is 12.7 Å². The Bertz CT molecular complexity index is 442. The van der Waals surface area contributed by atoms with Crippen LogP contribution in [0.4, 0.5) is 4.39 Å². The summed E-state index contributed by atoms with van der Waals surface area (Å²) < 4.78 is 34.6. The van der Waals surface area contributed by atoms with Crippen molar-refractivity contribution in [2.75, 3.05) is 0 Å².